The number of unbranched alkanes of at least 4 members (excludes halogenated alkanes) is 1. The Labute approximate surface area is 222 Å². The molecule has 13 heteroatoms. The summed E-state index contributed by atoms with van der Waals surface area (Å²) < 4.78 is 18.7. The fourth-order valence-electron chi connectivity index (χ4n) is 4.37. The third-order valence-electron chi connectivity index (χ3n) is 6.39. The van der Waals surface area contributed by atoms with Crippen molar-refractivity contribution in [2.45, 2.75) is 89.9 Å². The number of nitrogens with one attached hydrogen (secondary N) is 2. The molecule has 0 aromatic carbocycles. The smallest absolute Gasteiger partial charge is 0.195 e. The Morgan fingerprint density at radius 3 is 2.89 bits per heavy atom. The van der Waals surface area contributed by atoms with Gasteiger partial charge in [-0.15, -0.1) is 5.11 Å². The van der Waals surface area contributed by atoms with Gasteiger partial charge >= 0.3 is 0 Å². The summed E-state index contributed by atoms with van der Waals surface area (Å²) in [4.78, 5) is 5.00. The first-order valence-corrected chi connectivity index (χ1v) is 13.2. The summed E-state index contributed by atoms with van der Waals surface area (Å²) in [7, 11) is 0. The van der Waals surface area contributed by atoms with Gasteiger partial charge in [0.05, 0.1) is 37.1 Å². The van der Waals surface area contributed by atoms with Gasteiger partial charge in [0, 0.05) is 5.69 Å². The van der Waals surface area contributed by atoms with E-state index in [9.17, 15) is 5.11 Å². The minimum absolute atomic E-state index is 0.0222. The predicted octanol–water partition coefficient (Wildman–Crippen LogP) is 3.68. The number of ether oxygens (including phenoxy) is 3. The van der Waals surface area contributed by atoms with Crippen LogP contribution in [0, 0.1) is 12.5 Å². The van der Waals surface area contributed by atoms with Gasteiger partial charge in [-0.3, -0.25) is 4.99 Å². The number of aliphatic hydroxyl groups excluding tert-OH is 1. The second kappa shape index (κ2) is 15.1. The Kier molecular flexibility index (Phi) is 11.9. The fraction of sp³-hybridized carbons (Fsp3) is 0.708. The lowest BCUT2D eigenvalue weighted by atomic mass is 10.2. The molecule has 37 heavy (non-hydrogen) atoms. The Balaban J connectivity index is 1.58. The van der Waals surface area contributed by atoms with Crippen LogP contribution in [-0.2, 0) is 14.2 Å². The molecule has 3 unspecified atom stereocenters. The molecule has 0 radical (unpaired) electrons. The zero-order valence-electron chi connectivity index (χ0n) is 21.6. The zero-order chi connectivity index (χ0) is 26.6. The standard InChI is InChI=1S/C24H39ClN8O4/c1-3-4-9-20(25)30-24(29-17-7-5-6-8-17)19-12-28-33(16(19)2)22-11-10-18(37-22)13-36-23(34)15-35-14-21(31-26)32-27/h9,12,17-18,22-23,26,34H,3-8,10-11,13-15,27H2,1-2H3,(H,29,30)/b20-9+,31-26?,32-21-. The van der Waals surface area contributed by atoms with E-state index in [2.05, 4.69) is 27.6 Å². The van der Waals surface area contributed by atoms with Gasteiger partial charge in [-0.05, 0) is 45.1 Å². The van der Waals surface area contributed by atoms with Crippen LogP contribution in [0.1, 0.15) is 75.8 Å². The van der Waals surface area contributed by atoms with E-state index in [0.29, 0.717) is 5.16 Å². The van der Waals surface area contributed by atoms with E-state index in [1.165, 1.54) is 12.8 Å². The van der Waals surface area contributed by atoms with Crippen LogP contribution >= 0.6 is 11.6 Å². The average molecular weight is 539 g/mol. The number of hydrogen-bond donors (Lipinski definition) is 4. The second-order valence-electron chi connectivity index (χ2n) is 9.22. The molecule has 0 bridgehead atoms. The number of aliphatic hydroxyl groups is 1. The molecule has 2 heterocycles. The van der Waals surface area contributed by atoms with Crippen LogP contribution in [0.5, 0.6) is 0 Å². The lowest BCUT2D eigenvalue weighted by Gasteiger charge is -2.18. The maximum Gasteiger partial charge on any atom is 0.195 e. The monoisotopic (exact) mass is 538 g/mol. The van der Waals surface area contributed by atoms with Gasteiger partial charge in [-0.25, -0.2) is 10.2 Å². The second-order valence-corrected chi connectivity index (χ2v) is 9.63. The third-order valence-corrected chi connectivity index (χ3v) is 6.64. The Morgan fingerprint density at radius 1 is 1.41 bits per heavy atom. The molecule has 1 aromatic heterocycles. The molecule has 0 amide bonds. The molecule has 1 aromatic rings. The van der Waals surface area contributed by atoms with Crippen LogP contribution in [0.3, 0.4) is 0 Å². The van der Waals surface area contributed by atoms with Gasteiger partial charge < -0.3 is 30.5 Å². The van der Waals surface area contributed by atoms with Crippen molar-refractivity contribution < 1.29 is 19.3 Å². The Bertz CT molecular complexity index is 961. The summed E-state index contributed by atoms with van der Waals surface area (Å²) in [5.41, 5.74) is 8.73. The number of hydrazone groups is 1. The lowest BCUT2D eigenvalue weighted by Crippen LogP contribution is -2.26. The van der Waals surface area contributed by atoms with Gasteiger partial charge in [0.2, 0.25) is 0 Å². The largest absolute Gasteiger partial charge is 0.368 e. The maximum absolute atomic E-state index is 10.00. The summed E-state index contributed by atoms with van der Waals surface area (Å²) in [6.45, 7) is 4.15. The summed E-state index contributed by atoms with van der Waals surface area (Å²) in [6, 6.07) is 0.288. The van der Waals surface area contributed by atoms with Crippen molar-refractivity contribution in [1.82, 2.24) is 15.1 Å². The highest BCUT2D eigenvalue weighted by Crippen LogP contribution is 2.30. The number of hydrogen-bond acceptors (Lipinski definition) is 9. The summed E-state index contributed by atoms with van der Waals surface area (Å²) in [6.07, 6.45) is 10.2. The number of rotatable bonds is 13. The molecule has 1 saturated heterocycles. The van der Waals surface area contributed by atoms with Gasteiger partial charge in [-0.1, -0.05) is 37.8 Å². The van der Waals surface area contributed by atoms with E-state index in [4.69, 9.17) is 42.2 Å². The van der Waals surface area contributed by atoms with Crippen molar-refractivity contribution in [3.8, 4) is 0 Å². The Hall–Kier alpha value is -2.38. The first-order chi connectivity index (χ1) is 17.9. The molecule has 12 nitrogen and oxygen atoms in total. The van der Waals surface area contributed by atoms with Crippen molar-refractivity contribution in [3.05, 3.63) is 28.7 Å². The summed E-state index contributed by atoms with van der Waals surface area (Å²) >= 11 is 6.47. The van der Waals surface area contributed by atoms with E-state index in [0.717, 1.165) is 55.6 Å². The molecule has 1 aliphatic heterocycles. The predicted molar refractivity (Wildman–Crippen MR) is 140 cm³/mol. The van der Waals surface area contributed by atoms with Crippen LogP contribution in [-0.4, -0.2) is 64.8 Å². The topological polar surface area (TPSA) is 165 Å². The first kappa shape index (κ1) is 29.2. The zero-order valence-corrected chi connectivity index (χ0v) is 22.4. The SMILES string of the molecule is CCC/C=C(\Cl)NC(=NC1CCCC1)c1cnn(C2CCC(COC(O)COC/C(N=N)=N/N)O2)c1C. The van der Waals surface area contributed by atoms with Crippen LogP contribution in [0.4, 0.5) is 0 Å². The highest BCUT2D eigenvalue weighted by molar-refractivity contribution is 6.30. The molecule has 5 N–H and O–H groups in total. The number of aromatic nitrogens is 2. The number of nitrogens with two attached hydrogens (primary N) is 1. The molecule has 0 spiro atoms. The highest BCUT2D eigenvalue weighted by atomic mass is 35.5. The van der Waals surface area contributed by atoms with E-state index < -0.39 is 6.29 Å². The molecule has 3 atom stereocenters. The van der Waals surface area contributed by atoms with Crippen molar-refractivity contribution >= 4 is 23.3 Å². The normalized spacial score (nSPS) is 22.5. The summed E-state index contributed by atoms with van der Waals surface area (Å²) in [5, 5.41) is 24.9. The first-order valence-electron chi connectivity index (χ1n) is 12.9. The number of amidine groups is 2. The number of halogens is 1. The number of aliphatic imine (C=N–C) groups is 1. The van der Waals surface area contributed by atoms with Crippen LogP contribution in [0.25, 0.3) is 0 Å². The molecule has 2 aliphatic rings. The molecule has 1 saturated carbocycles. The lowest BCUT2D eigenvalue weighted by molar-refractivity contribution is -0.158. The summed E-state index contributed by atoms with van der Waals surface area (Å²) in [5.74, 6) is 5.83. The third kappa shape index (κ3) is 8.85. The minimum Gasteiger partial charge on any atom is -0.368 e. The molecule has 3 rings (SSSR count). The van der Waals surface area contributed by atoms with Gasteiger partial charge in [-0.2, -0.15) is 10.2 Å². The minimum atomic E-state index is -1.14. The number of nitrogens with zero attached hydrogens (tertiary/aromatic N) is 5. The fourth-order valence-corrected chi connectivity index (χ4v) is 4.57. The average Bonchev–Trinajstić information content (AvgIpc) is 3.65. The van der Waals surface area contributed by atoms with Gasteiger partial charge in [0.1, 0.15) is 17.6 Å². The molecular weight excluding hydrogens is 500 g/mol. The number of allylic oxidation sites excluding steroid dienone is 1. The van der Waals surface area contributed by atoms with E-state index >= 15 is 0 Å². The molecule has 1 aliphatic carbocycles. The van der Waals surface area contributed by atoms with E-state index in [1.807, 2.05) is 23.9 Å². The van der Waals surface area contributed by atoms with Crippen molar-refractivity contribution in [2.24, 2.45) is 21.1 Å². The Morgan fingerprint density at radius 2 is 2.19 bits per heavy atom. The van der Waals surface area contributed by atoms with Crippen LogP contribution in [0.2, 0.25) is 0 Å². The maximum atomic E-state index is 10.00. The van der Waals surface area contributed by atoms with E-state index in [1.54, 1.807) is 0 Å². The molecule has 2 fully saturated rings. The highest BCUT2D eigenvalue weighted by Gasteiger charge is 2.30. The van der Waals surface area contributed by atoms with Crippen molar-refractivity contribution in [1.29, 1.82) is 5.53 Å². The van der Waals surface area contributed by atoms with Crippen LogP contribution in [0.15, 0.2) is 32.6 Å². The van der Waals surface area contributed by atoms with E-state index in [-0.39, 0.29) is 44.0 Å². The van der Waals surface area contributed by atoms with Crippen molar-refractivity contribution in [3.63, 3.8) is 0 Å². The quantitative estimate of drug-likeness (QED) is 0.0565. The molecular formula is C24H39ClN8O4. The van der Waals surface area contributed by atoms with Crippen molar-refractivity contribution in [2.75, 3.05) is 19.8 Å². The van der Waals surface area contributed by atoms with Gasteiger partial charge in [0.25, 0.3) is 0 Å². The van der Waals surface area contributed by atoms with Gasteiger partial charge in [0.15, 0.2) is 18.4 Å². The molecule has 206 valence electrons. The van der Waals surface area contributed by atoms with Crippen LogP contribution < -0.4 is 11.2 Å².